The Kier molecular flexibility index (Phi) is 5.14. The maximum Gasteiger partial charge on any atom is 0.340 e. The third kappa shape index (κ3) is 3.56. The maximum absolute atomic E-state index is 12.5. The second kappa shape index (κ2) is 7.49. The van der Waals surface area contributed by atoms with Crippen LogP contribution in [0.15, 0.2) is 47.1 Å². The van der Waals surface area contributed by atoms with Crippen molar-refractivity contribution in [3.63, 3.8) is 0 Å². The number of ether oxygens (including phenoxy) is 1. The number of pyridine rings is 1. The van der Waals surface area contributed by atoms with Crippen LogP contribution in [0.3, 0.4) is 0 Å². The Morgan fingerprint density at radius 2 is 2.08 bits per heavy atom. The highest BCUT2D eigenvalue weighted by Crippen LogP contribution is 2.23. The van der Waals surface area contributed by atoms with Gasteiger partial charge in [0.2, 0.25) is 0 Å². The molecule has 0 aliphatic rings. The zero-order valence-electron chi connectivity index (χ0n) is 14.8. The van der Waals surface area contributed by atoms with E-state index in [2.05, 4.69) is 12.2 Å². The third-order valence-corrected chi connectivity index (χ3v) is 4.36. The monoisotopic (exact) mass is 339 g/mol. The Hall–Kier alpha value is -2.66. The number of hydrogen-bond acceptors (Lipinski definition) is 4. The average Bonchev–Trinajstić information content (AvgIpc) is 3.14. The topological polar surface area (TPSA) is 68.9 Å². The second-order valence-corrected chi connectivity index (χ2v) is 6.04. The Labute approximate surface area is 147 Å². The van der Waals surface area contributed by atoms with Gasteiger partial charge in [-0.25, -0.2) is 9.78 Å². The fraction of sp³-hybridized carbons (Fsp3) is 0.300. The summed E-state index contributed by atoms with van der Waals surface area (Å²) in [5, 5.41) is 3.09. The molecule has 25 heavy (non-hydrogen) atoms. The number of carbonyl (C=O) groups is 1. The van der Waals surface area contributed by atoms with Crippen molar-refractivity contribution in [2.45, 2.75) is 33.4 Å². The molecule has 3 aromatic rings. The fourth-order valence-corrected chi connectivity index (χ4v) is 3.02. The van der Waals surface area contributed by atoms with Crippen LogP contribution in [0.4, 0.5) is 0 Å². The van der Waals surface area contributed by atoms with Crippen molar-refractivity contribution in [2.75, 3.05) is 6.61 Å². The van der Waals surface area contributed by atoms with Gasteiger partial charge in [-0.3, -0.25) is 0 Å². The molecule has 2 aromatic heterocycles. The molecular formula is C20H23N2O3+. The molecule has 0 saturated carbocycles. The van der Waals surface area contributed by atoms with E-state index in [1.807, 2.05) is 50.2 Å². The van der Waals surface area contributed by atoms with Gasteiger partial charge in [0.05, 0.1) is 24.0 Å². The summed E-state index contributed by atoms with van der Waals surface area (Å²) < 4.78 is 10.7. The minimum absolute atomic E-state index is 0.138. The molecule has 1 aromatic carbocycles. The highest BCUT2D eigenvalue weighted by molar-refractivity contribution is 5.98. The zero-order valence-corrected chi connectivity index (χ0v) is 14.8. The summed E-state index contributed by atoms with van der Waals surface area (Å²) in [5.41, 5.74) is 3.12. The second-order valence-electron chi connectivity index (χ2n) is 6.04. The summed E-state index contributed by atoms with van der Waals surface area (Å²) >= 11 is 0. The molecule has 130 valence electrons. The van der Waals surface area contributed by atoms with Crippen LogP contribution in [0, 0.1) is 6.92 Å². The number of quaternary nitrogens is 1. The molecule has 0 aliphatic heterocycles. The smallest absolute Gasteiger partial charge is 0.340 e. The van der Waals surface area contributed by atoms with Crippen molar-refractivity contribution in [2.24, 2.45) is 0 Å². The first-order valence-corrected chi connectivity index (χ1v) is 8.53. The van der Waals surface area contributed by atoms with Gasteiger partial charge >= 0.3 is 5.97 Å². The van der Waals surface area contributed by atoms with E-state index in [1.165, 1.54) is 0 Å². The summed E-state index contributed by atoms with van der Waals surface area (Å²) in [7, 11) is 0. The summed E-state index contributed by atoms with van der Waals surface area (Å²) in [6.07, 6.45) is 1.67. The lowest BCUT2D eigenvalue weighted by Crippen LogP contribution is -2.83. The van der Waals surface area contributed by atoms with Crippen molar-refractivity contribution in [1.82, 2.24) is 4.98 Å². The number of carbonyl (C=O) groups excluding carboxylic acids is 1. The molecule has 5 heteroatoms. The first-order valence-electron chi connectivity index (χ1n) is 8.53. The van der Waals surface area contributed by atoms with E-state index < -0.39 is 0 Å². The Morgan fingerprint density at radius 1 is 1.28 bits per heavy atom. The number of aryl methyl sites for hydroxylation is 1. The predicted molar refractivity (Wildman–Crippen MR) is 95.2 cm³/mol. The van der Waals surface area contributed by atoms with Crippen molar-refractivity contribution < 1.29 is 19.3 Å². The molecule has 0 radical (unpaired) electrons. The first-order chi connectivity index (χ1) is 12.1. The molecule has 2 heterocycles. The van der Waals surface area contributed by atoms with Gasteiger partial charge in [0.15, 0.2) is 5.76 Å². The molecule has 1 atom stereocenters. The molecule has 0 aliphatic carbocycles. The Morgan fingerprint density at radius 3 is 2.80 bits per heavy atom. The lowest BCUT2D eigenvalue weighted by Gasteiger charge is -2.14. The molecule has 0 unspecified atom stereocenters. The van der Waals surface area contributed by atoms with E-state index in [0.717, 1.165) is 27.9 Å². The summed E-state index contributed by atoms with van der Waals surface area (Å²) in [6, 6.07) is 11.8. The van der Waals surface area contributed by atoms with E-state index in [0.29, 0.717) is 18.7 Å². The van der Waals surface area contributed by atoms with Gasteiger partial charge < -0.3 is 14.5 Å². The van der Waals surface area contributed by atoms with Crippen molar-refractivity contribution >= 4 is 16.9 Å². The van der Waals surface area contributed by atoms with E-state index in [1.54, 1.807) is 6.26 Å². The molecule has 0 saturated heterocycles. The molecule has 0 bridgehead atoms. The first kappa shape index (κ1) is 17.2. The van der Waals surface area contributed by atoms with Crippen LogP contribution in [0.1, 0.15) is 47.3 Å². The SMILES string of the molecule is CCOC(=O)c1c(C[NH2+][C@@H](C)c2ccco2)nc2ccccc2c1C. The van der Waals surface area contributed by atoms with Gasteiger partial charge in [0, 0.05) is 5.39 Å². The fourth-order valence-electron chi connectivity index (χ4n) is 3.02. The summed E-state index contributed by atoms with van der Waals surface area (Å²) in [6.45, 7) is 6.75. The number of hydrogen-bond donors (Lipinski definition) is 1. The van der Waals surface area contributed by atoms with Crippen LogP contribution in [-0.2, 0) is 11.3 Å². The number of rotatable bonds is 6. The summed E-state index contributed by atoms with van der Waals surface area (Å²) in [5.74, 6) is 0.586. The largest absolute Gasteiger partial charge is 0.463 e. The van der Waals surface area contributed by atoms with Gasteiger partial charge in [-0.15, -0.1) is 0 Å². The van der Waals surface area contributed by atoms with Crippen LogP contribution in [0.25, 0.3) is 10.9 Å². The van der Waals surface area contributed by atoms with Gasteiger partial charge in [0.25, 0.3) is 0 Å². The van der Waals surface area contributed by atoms with Gasteiger partial charge in [-0.2, -0.15) is 0 Å². The normalized spacial score (nSPS) is 12.3. The van der Waals surface area contributed by atoms with E-state index in [9.17, 15) is 4.79 Å². The Balaban J connectivity index is 1.96. The number of nitrogens with two attached hydrogens (primary N) is 1. The molecule has 0 fully saturated rings. The maximum atomic E-state index is 12.5. The highest BCUT2D eigenvalue weighted by Gasteiger charge is 2.22. The standard InChI is InChI=1S/C20H22N2O3/c1-4-24-20(23)19-13(2)15-8-5-6-9-16(15)22-17(19)12-21-14(3)18-10-7-11-25-18/h5-11,14,21H,4,12H2,1-3H3/p+1/t14-/m0/s1. The minimum Gasteiger partial charge on any atom is -0.463 e. The number of aromatic nitrogens is 1. The highest BCUT2D eigenvalue weighted by atomic mass is 16.5. The molecule has 2 N–H and O–H groups in total. The van der Waals surface area contributed by atoms with Crippen molar-refractivity contribution in [1.29, 1.82) is 0 Å². The minimum atomic E-state index is -0.313. The van der Waals surface area contributed by atoms with E-state index >= 15 is 0 Å². The molecule has 3 rings (SSSR count). The van der Waals surface area contributed by atoms with Crippen molar-refractivity contribution in [3.05, 3.63) is 65.2 Å². The third-order valence-electron chi connectivity index (χ3n) is 4.36. The van der Waals surface area contributed by atoms with Crippen LogP contribution < -0.4 is 5.32 Å². The quantitative estimate of drug-likeness (QED) is 0.701. The van der Waals surface area contributed by atoms with Crippen LogP contribution in [0.5, 0.6) is 0 Å². The summed E-state index contributed by atoms with van der Waals surface area (Å²) in [4.78, 5) is 17.2. The molecule has 5 nitrogen and oxygen atoms in total. The van der Waals surface area contributed by atoms with Crippen LogP contribution >= 0.6 is 0 Å². The molecule has 0 amide bonds. The number of nitrogens with zero attached hydrogens (tertiary/aromatic N) is 1. The van der Waals surface area contributed by atoms with Crippen LogP contribution in [-0.4, -0.2) is 17.6 Å². The number of benzene rings is 1. The predicted octanol–water partition coefficient (Wildman–Crippen LogP) is 3.14. The van der Waals surface area contributed by atoms with Crippen LogP contribution in [0.2, 0.25) is 0 Å². The number of furan rings is 1. The van der Waals surface area contributed by atoms with Gasteiger partial charge in [-0.1, -0.05) is 18.2 Å². The molecule has 0 spiro atoms. The van der Waals surface area contributed by atoms with Gasteiger partial charge in [-0.05, 0) is 44.5 Å². The van der Waals surface area contributed by atoms with Crippen molar-refractivity contribution in [3.8, 4) is 0 Å². The number of esters is 1. The Bertz CT molecular complexity index is 872. The van der Waals surface area contributed by atoms with Gasteiger partial charge in [0.1, 0.15) is 18.3 Å². The lowest BCUT2D eigenvalue weighted by molar-refractivity contribution is -0.710. The number of para-hydroxylation sites is 1. The molecular weight excluding hydrogens is 316 g/mol. The lowest BCUT2D eigenvalue weighted by atomic mass is 10.0. The van der Waals surface area contributed by atoms with E-state index in [4.69, 9.17) is 14.1 Å². The average molecular weight is 339 g/mol. The number of fused-ring (bicyclic) bond motifs is 1. The van der Waals surface area contributed by atoms with E-state index in [-0.39, 0.29) is 12.0 Å². The zero-order chi connectivity index (χ0) is 17.8.